The van der Waals surface area contributed by atoms with Crippen molar-refractivity contribution < 1.29 is 9.90 Å². The molecule has 0 aliphatic heterocycles. The van der Waals surface area contributed by atoms with Gasteiger partial charge in [-0.05, 0) is 12.0 Å². The second kappa shape index (κ2) is 7.04. The number of hydrogen-bond donors (Lipinski definition) is 3. The van der Waals surface area contributed by atoms with Gasteiger partial charge in [0.15, 0.2) is 0 Å². The molecule has 0 aromatic heterocycles. The lowest BCUT2D eigenvalue weighted by atomic mass is 10.1. The van der Waals surface area contributed by atoms with E-state index < -0.39 is 12.1 Å². The third kappa shape index (κ3) is 4.54. The molecule has 0 saturated heterocycles. The Balaban J connectivity index is 2.38. The molecule has 94 valence electrons. The van der Waals surface area contributed by atoms with Crippen LogP contribution >= 0.6 is 0 Å². The zero-order valence-corrected chi connectivity index (χ0v) is 10.1. The van der Waals surface area contributed by atoms with E-state index >= 15 is 0 Å². The van der Waals surface area contributed by atoms with Gasteiger partial charge in [0.2, 0.25) is 5.91 Å². The number of aliphatic hydroxyl groups excluding tert-OH is 1. The van der Waals surface area contributed by atoms with E-state index in [1.165, 1.54) is 0 Å². The van der Waals surface area contributed by atoms with E-state index in [0.29, 0.717) is 6.42 Å². The van der Waals surface area contributed by atoms with Crippen molar-refractivity contribution in [2.75, 3.05) is 6.54 Å². The van der Waals surface area contributed by atoms with Crippen LogP contribution in [0.2, 0.25) is 0 Å². The lowest BCUT2D eigenvalue weighted by Crippen LogP contribution is -2.41. The van der Waals surface area contributed by atoms with Gasteiger partial charge in [-0.1, -0.05) is 43.7 Å². The molecule has 2 atom stereocenters. The predicted octanol–water partition coefficient (Wildman–Crippen LogP) is 0.964. The lowest BCUT2D eigenvalue weighted by Gasteiger charge is -2.15. The molecule has 0 aliphatic carbocycles. The van der Waals surface area contributed by atoms with Crippen LogP contribution in [0.1, 0.15) is 31.4 Å². The van der Waals surface area contributed by atoms with Gasteiger partial charge in [0.1, 0.15) is 0 Å². The first kappa shape index (κ1) is 13.7. The van der Waals surface area contributed by atoms with Gasteiger partial charge in [-0.25, -0.2) is 0 Å². The molecule has 1 aromatic rings. The summed E-state index contributed by atoms with van der Waals surface area (Å²) in [5.41, 5.74) is 6.45. The monoisotopic (exact) mass is 236 g/mol. The van der Waals surface area contributed by atoms with E-state index in [9.17, 15) is 9.90 Å². The number of nitrogens with two attached hydrogens (primary N) is 1. The Labute approximate surface area is 102 Å². The molecule has 0 bridgehead atoms. The molecule has 17 heavy (non-hydrogen) atoms. The summed E-state index contributed by atoms with van der Waals surface area (Å²) in [7, 11) is 0. The van der Waals surface area contributed by atoms with Crippen molar-refractivity contribution in [3.05, 3.63) is 35.9 Å². The fourth-order valence-corrected chi connectivity index (χ4v) is 1.56. The quantitative estimate of drug-likeness (QED) is 0.688. The highest BCUT2D eigenvalue weighted by molar-refractivity contribution is 5.81. The van der Waals surface area contributed by atoms with Gasteiger partial charge >= 0.3 is 0 Å². The van der Waals surface area contributed by atoms with Crippen molar-refractivity contribution in [3.8, 4) is 0 Å². The Morgan fingerprint density at radius 1 is 1.41 bits per heavy atom. The van der Waals surface area contributed by atoms with Crippen LogP contribution in [0.15, 0.2) is 30.3 Å². The van der Waals surface area contributed by atoms with Gasteiger partial charge < -0.3 is 16.2 Å². The number of amides is 1. The number of aliphatic hydroxyl groups is 1. The van der Waals surface area contributed by atoms with Crippen molar-refractivity contribution in [1.82, 2.24) is 5.32 Å². The summed E-state index contributed by atoms with van der Waals surface area (Å²) in [4.78, 5) is 11.5. The minimum atomic E-state index is -0.686. The highest BCUT2D eigenvalue weighted by Gasteiger charge is 2.14. The van der Waals surface area contributed by atoms with Gasteiger partial charge in [0.25, 0.3) is 0 Å². The maximum Gasteiger partial charge on any atom is 0.237 e. The SMILES string of the molecule is CCC[C@@H](N)C(=O)NCC(O)c1ccccc1. The largest absolute Gasteiger partial charge is 0.387 e. The molecule has 0 radical (unpaired) electrons. The van der Waals surface area contributed by atoms with Crippen LogP contribution in [0.5, 0.6) is 0 Å². The molecule has 1 unspecified atom stereocenters. The number of rotatable bonds is 6. The number of carbonyl (C=O) groups is 1. The maximum absolute atomic E-state index is 11.5. The minimum Gasteiger partial charge on any atom is -0.387 e. The van der Waals surface area contributed by atoms with Crippen molar-refractivity contribution in [2.45, 2.75) is 31.9 Å². The molecular weight excluding hydrogens is 216 g/mol. The van der Waals surface area contributed by atoms with Crippen molar-refractivity contribution in [2.24, 2.45) is 5.73 Å². The molecule has 4 heteroatoms. The third-order valence-electron chi connectivity index (χ3n) is 2.59. The molecular formula is C13H20N2O2. The molecule has 0 saturated carbocycles. The van der Waals surface area contributed by atoms with E-state index in [-0.39, 0.29) is 12.5 Å². The molecule has 4 nitrogen and oxygen atoms in total. The average molecular weight is 236 g/mol. The van der Waals surface area contributed by atoms with Crippen LogP contribution in [0.4, 0.5) is 0 Å². The lowest BCUT2D eigenvalue weighted by molar-refractivity contribution is -0.123. The van der Waals surface area contributed by atoms with Gasteiger partial charge in [-0.3, -0.25) is 4.79 Å². The first-order valence-corrected chi connectivity index (χ1v) is 5.91. The smallest absolute Gasteiger partial charge is 0.237 e. The van der Waals surface area contributed by atoms with Gasteiger partial charge in [-0.2, -0.15) is 0 Å². The van der Waals surface area contributed by atoms with E-state index in [0.717, 1.165) is 12.0 Å². The van der Waals surface area contributed by atoms with E-state index in [4.69, 9.17) is 5.73 Å². The highest BCUT2D eigenvalue weighted by atomic mass is 16.3. The van der Waals surface area contributed by atoms with E-state index in [2.05, 4.69) is 5.32 Å². The summed E-state index contributed by atoms with van der Waals surface area (Å²) in [5.74, 6) is -0.207. The van der Waals surface area contributed by atoms with Crippen LogP contribution in [0, 0.1) is 0 Å². The van der Waals surface area contributed by atoms with Crippen LogP contribution in [-0.2, 0) is 4.79 Å². The van der Waals surface area contributed by atoms with E-state index in [1.54, 1.807) is 0 Å². The second-order valence-electron chi connectivity index (χ2n) is 4.07. The zero-order valence-electron chi connectivity index (χ0n) is 10.1. The topological polar surface area (TPSA) is 75.4 Å². The maximum atomic E-state index is 11.5. The molecule has 0 fully saturated rings. The molecule has 4 N–H and O–H groups in total. The molecule has 0 heterocycles. The fourth-order valence-electron chi connectivity index (χ4n) is 1.56. The Morgan fingerprint density at radius 3 is 2.65 bits per heavy atom. The van der Waals surface area contributed by atoms with Gasteiger partial charge in [0.05, 0.1) is 12.1 Å². The number of nitrogens with one attached hydrogen (secondary N) is 1. The third-order valence-corrected chi connectivity index (χ3v) is 2.59. The first-order chi connectivity index (χ1) is 8.15. The van der Waals surface area contributed by atoms with Crippen LogP contribution in [-0.4, -0.2) is 23.6 Å². The summed E-state index contributed by atoms with van der Waals surface area (Å²) in [6, 6.07) is 8.74. The van der Waals surface area contributed by atoms with Crippen molar-refractivity contribution >= 4 is 5.91 Å². The summed E-state index contributed by atoms with van der Waals surface area (Å²) in [6.45, 7) is 2.17. The average Bonchev–Trinajstić information content (AvgIpc) is 2.36. The molecule has 1 aromatic carbocycles. The predicted molar refractivity (Wildman–Crippen MR) is 67.3 cm³/mol. The normalized spacial score (nSPS) is 14.1. The first-order valence-electron chi connectivity index (χ1n) is 5.91. The van der Waals surface area contributed by atoms with E-state index in [1.807, 2.05) is 37.3 Å². The van der Waals surface area contributed by atoms with Gasteiger partial charge in [0, 0.05) is 6.54 Å². The molecule has 0 aliphatic rings. The standard InChI is InChI=1S/C13H20N2O2/c1-2-6-11(14)13(17)15-9-12(16)10-7-4-3-5-8-10/h3-5,7-8,11-12,16H,2,6,9,14H2,1H3,(H,15,17)/t11-,12?/m1/s1. The number of carbonyl (C=O) groups excluding carboxylic acids is 1. The summed E-state index contributed by atoms with van der Waals surface area (Å²) in [5, 5.41) is 12.5. The molecule has 1 rings (SSSR count). The van der Waals surface area contributed by atoms with Crippen molar-refractivity contribution in [1.29, 1.82) is 0 Å². The minimum absolute atomic E-state index is 0.195. The van der Waals surface area contributed by atoms with Crippen LogP contribution in [0.25, 0.3) is 0 Å². The Morgan fingerprint density at radius 2 is 2.06 bits per heavy atom. The summed E-state index contributed by atoms with van der Waals surface area (Å²) < 4.78 is 0. The van der Waals surface area contributed by atoms with Crippen molar-refractivity contribution in [3.63, 3.8) is 0 Å². The van der Waals surface area contributed by atoms with Crippen LogP contribution < -0.4 is 11.1 Å². The number of hydrogen-bond acceptors (Lipinski definition) is 3. The Hall–Kier alpha value is -1.39. The molecule has 0 spiro atoms. The van der Waals surface area contributed by atoms with Crippen LogP contribution in [0.3, 0.4) is 0 Å². The van der Waals surface area contributed by atoms with Gasteiger partial charge in [-0.15, -0.1) is 0 Å². The molecule has 1 amide bonds. The zero-order chi connectivity index (χ0) is 12.7. The fraction of sp³-hybridized carbons (Fsp3) is 0.462. The second-order valence-corrected chi connectivity index (χ2v) is 4.07. The summed E-state index contributed by atoms with van der Waals surface area (Å²) in [6.07, 6.45) is 0.845. The summed E-state index contributed by atoms with van der Waals surface area (Å²) >= 11 is 0. The number of benzene rings is 1. The Bertz CT molecular complexity index is 341. The Kier molecular flexibility index (Phi) is 5.66. The highest BCUT2D eigenvalue weighted by Crippen LogP contribution is 2.10.